The van der Waals surface area contributed by atoms with Gasteiger partial charge in [-0.15, -0.1) is 21.5 Å². The van der Waals surface area contributed by atoms with E-state index in [-0.39, 0.29) is 17.4 Å². The quantitative estimate of drug-likeness (QED) is 0.602. The Morgan fingerprint density at radius 2 is 1.83 bits per heavy atom. The van der Waals surface area contributed by atoms with Gasteiger partial charge in [-0.05, 0) is 48.7 Å². The molecule has 5 nitrogen and oxygen atoms in total. The fourth-order valence-electron chi connectivity index (χ4n) is 3.56. The van der Waals surface area contributed by atoms with Crippen molar-refractivity contribution in [2.45, 2.75) is 25.2 Å². The van der Waals surface area contributed by atoms with Crippen LogP contribution in [0.2, 0.25) is 0 Å². The number of rotatable bonds is 5. The maximum atomic E-state index is 13.4. The summed E-state index contributed by atoms with van der Waals surface area (Å²) in [4.78, 5) is 14.2. The van der Waals surface area contributed by atoms with Gasteiger partial charge in [-0.1, -0.05) is 12.1 Å². The predicted octanol–water partition coefficient (Wildman–Crippen LogP) is 4.44. The third kappa shape index (κ3) is 4.48. The van der Waals surface area contributed by atoms with Crippen molar-refractivity contribution in [3.8, 4) is 5.75 Å². The zero-order valence-electron chi connectivity index (χ0n) is 16.5. The second kappa shape index (κ2) is 8.87. The van der Waals surface area contributed by atoms with Gasteiger partial charge < -0.3 is 9.64 Å². The summed E-state index contributed by atoms with van der Waals surface area (Å²) in [5, 5.41) is 10.6. The lowest BCUT2D eigenvalue weighted by Crippen LogP contribution is -2.38. The number of hydrogen-bond acceptors (Lipinski definition) is 5. The summed E-state index contributed by atoms with van der Waals surface area (Å²) in [6.07, 6.45) is 2.26. The summed E-state index contributed by atoms with van der Waals surface area (Å²) in [7, 11) is 1.64. The van der Waals surface area contributed by atoms with Crippen LogP contribution in [-0.4, -0.2) is 41.2 Å². The van der Waals surface area contributed by atoms with E-state index in [2.05, 4.69) is 10.2 Å². The highest BCUT2D eigenvalue weighted by Crippen LogP contribution is 2.31. The van der Waals surface area contributed by atoms with E-state index < -0.39 is 11.6 Å². The van der Waals surface area contributed by atoms with E-state index in [9.17, 15) is 13.6 Å². The third-order valence-corrected chi connectivity index (χ3v) is 6.38. The molecule has 0 N–H and O–H groups in total. The topological polar surface area (TPSA) is 55.3 Å². The molecule has 0 aliphatic carbocycles. The number of ether oxygens (including phenoxy) is 1. The Kier molecular flexibility index (Phi) is 6.03. The SMILES string of the molecule is COc1ccc(Cc2nnc(C3CCN(C(=O)c4ccc(F)c(F)c4)CC3)s2)cc1. The maximum Gasteiger partial charge on any atom is 0.253 e. The van der Waals surface area contributed by atoms with Gasteiger partial charge in [-0.3, -0.25) is 4.79 Å². The smallest absolute Gasteiger partial charge is 0.253 e. The van der Waals surface area contributed by atoms with Gasteiger partial charge in [0.2, 0.25) is 0 Å². The van der Waals surface area contributed by atoms with Crippen molar-refractivity contribution in [3.05, 3.63) is 75.2 Å². The second-order valence-corrected chi connectivity index (χ2v) is 8.35. The molecule has 1 aliphatic heterocycles. The zero-order chi connectivity index (χ0) is 21.1. The largest absolute Gasteiger partial charge is 0.497 e. The molecule has 0 spiro atoms. The van der Waals surface area contributed by atoms with Crippen LogP contribution < -0.4 is 4.74 Å². The van der Waals surface area contributed by atoms with Gasteiger partial charge in [-0.25, -0.2) is 8.78 Å². The molecule has 1 aromatic heterocycles. The van der Waals surface area contributed by atoms with Crippen molar-refractivity contribution in [1.82, 2.24) is 15.1 Å². The Hall–Kier alpha value is -2.87. The summed E-state index contributed by atoms with van der Waals surface area (Å²) in [5.41, 5.74) is 1.32. The second-order valence-electron chi connectivity index (χ2n) is 7.25. The number of carbonyl (C=O) groups excluding carboxylic acids is 1. The lowest BCUT2D eigenvalue weighted by molar-refractivity contribution is 0.0712. The van der Waals surface area contributed by atoms with Crippen molar-refractivity contribution in [3.63, 3.8) is 0 Å². The highest BCUT2D eigenvalue weighted by molar-refractivity contribution is 7.11. The minimum absolute atomic E-state index is 0.171. The lowest BCUT2D eigenvalue weighted by Gasteiger charge is -2.31. The van der Waals surface area contributed by atoms with Crippen molar-refractivity contribution < 1.29 is 18.3 Å². The molecule has 4 rings (SSSR count). The Morgan fingerprint density at radius 1 is 1.10 bits per heavy atom. The van der Waals surface area contributed by atoms with Crippen LogP contribution in [0.15, 0.2) is 42.5 Å². The molecule has 2 aromatic carbocycles. The lowest BCUT2D eigenvalue weighted by atomic mass is 9.97. The number of hydrogen-bond donors (Lipinski definition) is 0. The Bertz CT molecular complexity index is 1030. The van der Waals surface area contributed by atoms with E-state index >= 15 is 0 Å². The van der Waals surface area contributed by atoms with Gasteiger partial charge in [0.25, 0.3) is 5.91 Å². The average Bonchev–Trinajstić information content (AvgIpc) is 3.24. The van der Waals surface area contributed by atoms with Gasteiger partial charge in [0.1, 0.15) is 15.8 Å². The number of nitrogens with zero attached hydrogens (tertiary/aromatic N) is 3. The number of halogens is 2. The molecule has 1 amide bonds. The van der Waals surface area contributed by atoms with Crippen LogP contribution in [0.1, 0.15) is 44.7 Å². The van der Waals surface area contributed by atoms with Crippen LogP contribution in [0.3, 0.4) is 0 Å². The van der Waals surface area contributed by atoms with Crippen LogP contribution in [0.4, 0.5) is 8.78 Å². The first-order chi connectivity index (χ1) is 14.5. The van der Waals surface area contributed by atoms with Gasteiger partial charge in [0, 0.05) is 31.0 Å². The standard InChI is InChI=1S/C22H21F2N3O2S/c1-29-17-5-2-14(3-6-17)12-20-25-26-21(30-20)15-8-10-27(11-9-15)22(28)16-4-7-18(23)19(24)13-16/h2-7,13,15H,8-12H2,1H3. The summed E-state index contributed by atoms with van der Waals surface area (Å²) in [6, 6.07) is 11.2. The number of benzene rings is 2. The molecule has 0 atom stereocenters. The van der Waals surface area contributed by atoms with Crippen LogP contribution in [0.5, 0.6) is 5.75 Å². The molecule has 1 fully saturated rings. The number of methoxy groups -OCH3 is 1. The molecule has 0 unspecified atom stereocenters. The maximum absolute atomic E-state index is 13.4. The highest BCUT2D eigenvalue weighted by atomic mass is 32.1. The van der Waals surface area contributed by atoms with E-state index in [1.807, 2.05) is 24.3 Å². The molecule has 0 bridgehead atoms. The molecule has 30 heavy (non-hydrogen) atoms. The van der Waals surface area contributed by atoms with Gasteiger partial charge in [0.15, 0.2) is 11.6 Å². The normalized spacial score (nSPS) is 14.7. The minimum atomic E-state index is -1.01. The third-order valence-electron chi connectivity index (χ3n) is 5.29. The Balaban J connectivity index is 1.35. The number of piperidine rings is 1. The molecule has 8 heteroatoms. The van der Waals surface area contributed by atoms with Crippen molar-refractivity contribution in [2.75, 3.05) is 20.2 Å². The molecule has 3 aromatic rings. The summed E-state index contributed by atoms with van der Waals surface area (Å²) in [6.45, 7) is 1.10. The molecule has 1 saturated heterocycles. The zero-order valence-corrected chi connectivity index (χ0v) is 17.3. The summed E-state index contributed by atoms with van der Waals surface area (Å²) < 4.78 is 31.7. The fraction of sp³-hybridized carbons (Fsp3) is 0.318. The molecule has 0 saturated carbocycles. The Labute approximate surface area is 177 Å². The molecule has 1 aliphatic rings. The van der Waals surface area contributed by atoms with Gasteiger partial charge >= 0.3 is 0 Å². The van der Waals surface area contributed by atoms with Crippen LogP contribution >= 0.6 is 11.3 Å². The average molecular weight is 429 g/mol. The summed E-state index contributed by atoms with van der Waals surface area (Å²) >= 11 is 1.61. The van der Waals surface area contributed by atoms with E-state index in [1.165, 1.54) is 6.07 Å². The van der Waals surface area contributed by atoms with Crippen molar-refractivity contribution in [1.29, 1.82) is 0 Å². The number of amides is 1. The van der Waals surface area contributed by atoms with Gasteiger partial charge in [0.05, 0.1) is 7.11 Å². The number of carbonyl (C=O) groups is 1. The monoisotopic (exact) mass is 429 g/mol. The molecule has 156 valence electrons. The van der Waals surface area contributed by atoms with Crippen LogP contribution in [-0.2, 0) is 6.42 Å². The van der Waals surface area contributed by atoms with Gasteiger partial charge in [-0.2, -0.15) is 0 Å². The van der Waals surface area contributed by atoms with Crippen LogP contribution in [0, 0.1) is 11.6 Å². The van der Waals surface area contributed by atoms with Crippen molar-refractivity contribution >= 4 is 17.2 Å². The molecular weight excluding hydrogens is 408 g/mol. The number of aromatic nitrogens is 2. The first-order valence-electron chi connectivity index (χ1n) is 9.73. The first-order valence-corrected chi connectivity index (χ1v) is 10.5. The number of likely N-dealkylation sites (tertiary alicyclic amines) is 1. The van der Waals surface area contributed by atoms with Crippen molar-refractivity contribution in [2.24, 2.45) is 0 Å². The molecule has 0 radical (unpaired) electrons. The molecular formula is C22H21F2N3O2S. The predicted molar refractivity (Wildman–Crippen MR) is 110 cm³/mol. The first kappa shape index (κ1) is 20.4. The van der Waals surface area contributed by atoms with E-state index in [1.54, 1.807) is 23.3 Å². The molecule has 2 heterocycles. The van der Waals surface area contributed by atoms with E-state index in [0.717, 1.165) is 52.7 Å². The fourth-order valence-corrected chi connectivity index (χ4v) is 4.61. The Morgan fingerprint density at radius 3 is 2.50 bits per heavy atom. The summed E-state index contributed by atoms with van der Waals surface area (Å²) in [5.74, 6) is -1.16. The van der Waals surface area contributed by atoms with E-state index in [4.69, 9.17) is 4.74 Å². The van der Waals surface area contributed by atoms with E-state index in [0.29, 0.717) is 13.1 Å². The minimum Gasteiger partial charge on any atom is -0.497 e. The highest BCUT2D eigenvalue weighted by Gasteiger charge is 2.27. The van der Waals surface area contributed by atoms with Crippen LogP contribution in [0.25, 0.3) is 0 Å².